The van der Waals surface area contributed by atoms with Crippen LogP contribution in [0.2, 0.25) is 0 Å². The quantitative estimate of drug-likeness (QED) is 0.622. The number of hydrogen-bond donors (Lipinski definition) is 1. The molecule has 2 atom stereocenters. The van der Waals surface area contributed by atoms with Gasteiger partial charge in [-0.3, -0.25) is 4.79 Å². The lowest BCUT2D eigenvalue weighted by Gasteiger charge is -2.22. The van der Waals surface area contributed by atoms with Gasteiger partial charge in [0.1, 0.15) is 13.1 Å². The van der Waals surface area contributed by atoms with Crippen molar-refractivity contribution in [2.24, 2.45) is 5.92 Å². The van der Waals surface area contributed by atoms with E-state index in [1.54, 1.807) is 7.05 Å². The van der Waals surface area contributed by atoms with E-state index in [9.17, 15) is 4.79 Å². The number of nitriles is 2. The van der Waals surface area contributed by atoms with Crippen LogP contribution in [-0.2, 0) is 9.53 Å². The molecule has 1 saturated heterocycles. The highest BCUT2D eigenvalue weighted by Crippen LogP contribution is 2.16. The average molecular weight is 222 g/mol. The lowest BCUT2D eigenvalue weighted by atomic mass is 10.0. The maximum atomic E-state index is 12.0. The highest BCUT2D eigenvalue weighted by Gasteiger charge is 2.35. The zero-order chi connectivity index (χ0) is 12.0. The Hall–Kier alpha value is -1.63. The molecule has 1 fully saturated rings. The highest BCUT2D eigenvalue weighted by molar-refractivity contribution is 5.80. The fourth-order valence-electron chi connectivity index (χ4n) is 1.70. The monoisotopic (exact) mass is 222 g/mol. The molecule has 86 valence electrons. The lowest BCUT2D eigenvalue weighted by Crippen LogP contribution is -2.45. The van der Waals surface area contributed by atoms with Crippen molar-refractivity contribution in [3.05, 3.63) is 0 Å². The number of ether oxygens (including phenoxy) is 1. The predicted molar refractivity (Wildman–Crippen MR) is 55.0 cm³/mol. The summed E-state index contributed by atoms with van der Waals surface area (Å²) in [5.74, 6) is -0.494. The summed E-state index contributed by atoms with van der Waals surface area (Å²) in [6.45, 7) is 0.718. The Morgan fingerprint density at radius 2 is 2.06 bits per heavy atom. The van der Waals surface area contributed by atoms with E-state index in [-0.39, 0.29) is 31.0 Å². The number of rotatable bonds is 4. The Bertz CT molecular complexity index is 315. The molecule has 0 aromatic rings. The van der Waals surface area contributed by atoms with E-state index >= 15 is 0 Å². The molecule has 0 bridgehead atoms. The van der Waals surface area contributed by atoms with Crippen molar-refractivity contribution in [3.63, 3.8) is 0 Å². The molecule has 6 nitrogen and oxygen atoms in total. The van der Waals surface area contributed by atoms with Crippen LogP contribution in [0.3, 0.4) is 0 Å². The second kappa shape index (κ2) is 6.06. The molecule has 1 rings (SSSR count). The minimum absolute atomic E-state index is 0.0348. The zero-order valence-electron chi connectivity index (χ0n) is 9.14. The van der Waals surface area contributed by atoms with Gasteiger partial charge in [0.05, 0.1) is 31.3 Å². The van der Waals surface area contributed by atoms with Crippen molar-refractivity contribution in [3.8, 4) is 12.1 Å². The van der Waals surface area contributed by atoms with Crippen molar-refractivity contribution in [2.75, 3.05) is 33.4 Å². The van der Waals surface area contributed by atoms with Crippen LogP contribution in [0.4, 0.5) is 0 Å². The van der Waals surface area contributed by atoms with Gasteiger partial charge in [0.25, 0.3) is 0 Å². The topological polar surface area (TPSA) is 89.2 Å². The van der Waals surface area contributed by atoms with E-state index in [0.717, 1.165) is 0 Å². The van der Waals surface area contributed by atoms with E-state index in [0.29, 0.717) is 13.2 Å². The number of nitrogens with zero attached hydrogens (tertiary/aromatic N) is 3. The summed E-state index contributed by atoms with van der Waals surface area (Å²) in [4.78, 5) is 13.3. The van der Waals surface area contributed by atoms with Crippen LogP contribution in [0, 0.1) is 28.6 Å². The van der Waals surface area contributed by atoms with Crippen LogP contribution < -0.4 is 5.32 Å². The minimum Gasteiger partial charge on any atom is -0.379 e. The summed E-state index contributed by atoms with van der Waals surface area (Å²) in [5.41, 5.74) is 0. The second-order valence-corrected chi connectivity index (χ2v) is 3.55. The number of carbonyl (C=O) groups excluding carboxylic acids is 1. The minimum atomic E-state index is -0.299. The maximum Gasteiger partial charge on any atom is 0.231 e. The molecule has 1 aliphatic rings. The first kappa shape index (κ1) is 12.4. The molecule has 1 N–H and O–H groups in total. The smallest absolute Gasteiger partial charge is 0.231 e. The second-order valence-electron chi connectivity index (χ2n) is 3.55. The SMILES string of the molecule is CNC1COCC1C(=O)N(CC#N)CC#N. The fourth-order valence-corrected chi connectivity index (χ4v) is 1.70. The van der Waals surface area contributed by atoms with Crippen LogP contribution in [0.15, 0.2) is 0 Å². The van der Waals surface area contributed by atoms with Gasteiger partial charge in [0.15, 0.2) is 0 Å². The third-order valence-corrected chi connectivity index (χ3v) is 2.60. The van der Waals surface area contributed by atoms with E-state index in [1.165, 1.54) is 4.90 Å². The zero-order valence-corrected chi connectivity index (χ0v) is 9.14. The molecule has 0 saturated carbocycles. The number of nitrogens with one attached hydrogen (secondary N) is 1. The molecule has 2 unspecified atom stereocenters. The Labute approximate surface area is 94.4 Å². The number of hydrogen-bond acceptors (Lipinski definition) is 5. The summed E-state index contributed by atoms with van der Waals surface area (Å²) in [5, 5.41) is 20.2. The summed E-state index contributed by atoms with van der Waals surface area (Å²) >= 11 is 0. The van der Waals surface area contributed by atoms with Crippen molar-refractivity contribution in [1.82, 2.24) is 10.2 Å². The van der Waals surface area contributed by atoms with Gasteiger partial charge in [0.2, 0.25) is 5.91 Å². The first-order valence-corrected chi connectivity index (χ1v) is 5.02. The van der Waals surface area contributed by atoms with Gasteiger partial charge in [-0.25, -0.2) is 0 Å². The first-order valence-electron chi connectivity index (χ1n) is 5.02. The van der Waals surface area contributed by atoms with E-state index in [4.69, 9.17) is 15.3 Å². The maximum absolute atomic E-state index is 12.0. The van der Waals surface area contributed by atoms with Crippen molar-refractivity contribution in [1.29, 1.82) is 10.5 Å². The number of amides is 1. The molecule has 0 aromatic heterocycles. The molecule has 1 heterocycles. The van der Waals surface area contributed by atoms with Gasteiger partial charge < -0.3 is 15.0 Å². The summed E-state index contributed by atoms with van der Waals surface area (Å²) in [6, 6.07) is 3.73. The molecule has 0 spiro atoms. The standard InChI is InChI=1S/C10H14N4O2/c1-13-9-7-16-6-8(9)10(15)14(4-2-11)5-3-12/h8-9,13H,4-7H2,1H3. The van der Waals surface area contributed by atoms with Crippen LogP contribution >= 0.6 is 0 Å². The number of carbonyl (C=O) groups is 1. The average Bonchev–Trinajstić information content (AvgIpc) is 2.75. The third kappa shape index (κ3) is 2.69. The normalized spacial score (nSPS) is 23.4. The lowest BCUT2D eigenvalue weighted by molar-refractivity contribution is -0.134. The van der Waals surface area contributed by atoms with Gasteiger partial charge in [-0.2, -0.15) is 10.5 Å². The third-order valence-electron chi connectivity index (χ3n) is 2.60. The largest absolute Gasteiger partial charge is 0.379 e. The Morgan fingerprint density at radius 1 is 1.44 bits per heavy atom. The molecule has 1 amide bonds. The van der Waals surface area contributed by atoms with Gasteiger partial charge in [0, 0.05) is 6.04 Å². The van der Waals surface area contributed by atoms with E-state index in [1.807, 2.05) is 12.1 Å². The Morgan fingerprint density at radius 3 is 2.56 bits per heavy atom. The highest BCUT2D eigenvalue weighted by atomic mass is 16.5. The fraction of sp³-hybridized carbons (Fsp3) is 0.700. The Kier molecular flexibility index (Phi) is 4.71. The van der Waals surface area contributed by atoms with Crippen molar-refractivity contribution >= 4 is 5.91 Å². The van der Waals surface area contributed by atoms with E-state index in [2.05, 4.69) is 5.32 Å². The van der Waals surface area contributed by atoms with E-state index < -0.39 is 0 Å². The molecule has 1 aliphatic heterocycles. The van der Waals surface area contributed by atoms with Crippen LogP contribution in [0.25, 0.3) is 0 Å². The van der Waals surface area contributed by atoms with Gasteiger partial charge in [-0.1, -0.05) is 0 Å². The summed E-state index contributed by atoms with van der Waals surface area (Å²) in [6.07, 6.45) is 0. The van der Waals surface area contributed by atoms with Gasteiger partial charge in [-0.15, -0.1) is 0 Å². The predicted octanol–water partition coefficient (Wildman–Crippen LogP) is -0.903. The van der Waals surface area contributed by atoms with Crippen LogP contribution in [0.1, 0.15) is 0 Å². The Balaban J connectivity index is 2.67. The summed E-state index contributed by atoms with van der Waals surface area (Å²) < 4.78 is 5.21. The molecule has 6 heteroatoms. The molecule has 16 heavy (non-hydrogen) atoms. The van der Waals surface area contributed by atoms with Gasteiger partial charge in [-0.05, 0) is 7.05 Å². The summed E-state index contributed by atoms with van der Waals surface area (Å²) in [7, 11) is 1.76. The first-order chi connectivity index (χ1) is 7.74. The molecule has 0 aliphatic carbocycles. The van der Waals surface area contributed by atoms with Crippen molar-refractivity contribution < 1.29 is 9.53 Å². The molecular weight excluding hydrogens is 208 g/mol. The van der Waals surface area contributed by atoms with Gasteiger partial charge >= 0.3 is 0 Å². The molecule has 0 aromatic carbocycles. The van der Waals surface area contributed by atoms with Crippen LogP contribution in [-0.4, -0.2) is 50.2 Å². The number of likely N-dealkylation sites (N-methyl/N-ethyl adjacent to an activating group) is 1. The van der Waals surface area contributed by atoms with Crippen molar-refractivity contribution in [2.45, 2.75) is 6.04 Å². The molecule has 0 radical (unpaired) electrons. The molecular formula is C10H14N4O2. The van der Waals surface area contributed by atoms with Crippen LogP contribution in [0.5, 0.6) is 0 Å².